The fraction of sp³-hybridized carbons (Fsp3) is 0.273. The van der Waals surface area contributed by atoms with Gasteiger partial charge in [0.1, 0.15) is 11.3 Å². The number of benzene rings is 1. The van der Waals surface area contributed by atoms with Crippen LogP contribution in [0.4, 0.5) is 0 Å². The molecule has 0 bridgehead atoms. The molecule has 0 fully saturated rings. The summed E-state index contributed by atoms with van der Waals surface area (Å²) in [6.45, 7) is 1.89. The lowest BCUT2D eigenvalue weighted by atomic mass is 10.1. The normalized spacial score (nSPS) is 10.7. The van der Waals surface area contributed by atoms with Gasteiger partial charge in [-0.3, -0.25) is 4.68 Å². The number of hydrogen-bond acceptors (Lipinski definition) is 3. The predicted octanol–water partition coefficient (Wildman–Crippen LogP) is 1.59. The molecule has 1 aromatic carbocycles. The van der Waals surface area contributed by atoms with Crippen molar-refractivity contribution in [2.45, 2.75) is 6.92 Å². The minimum Gasteiger partial charge on any atom is -0.497 e. The maximum Gasteiger partial charge on any atom is 0.338 e. The molecule has 0 aliphatic heterocycles. The lowest BCUT2D eigenvalue weighted by Gasteiger charge is -2.02. The second kappa shape index (κ2) is 3.52. The van der Waals surface area contributed by atoms with Crippen molar-refractivity contribution < 1.29 is 14.6 Å². The monoisotopic (exact) mass is 220 g/mol. The van der Waals surface area contributed by atoms with Gasteiger partial charge in [0.05, 0.1) is 12.7 Å². The first-order valence-electron chi connectivity index (χ1n) is 4.79. The second-order valence-electron chi connectivity index (χ2n) is 3.59. The van der Waals surface area contributed by atoms with Crippen LogP contribution in [-0.4, -0.2) is 28.0 Å². The van der Waals surface area contributed by atoms with Crippen LogP contribution in [0.1, 0.15) is 16.1 Å². The van der Waals surface area contributed by atoms with Crippen molar-refractivity contribution in [2.24, 2.45) is 7.05 Å². The molecule has 0 radical (unpaired) electrons. The van der Waals surface area contributed by atoms with E-state index in [0.29, 0.717) is 11.3 Å². The van der Waals surface area contributed by atoms with Crippen LogP contribution in [0.15, 0.2) is 12.1 Å². The van der Waals surface area contributed by atoms with E-state index in [1.165, 1.54) is 13.2 Å². The van der Waals surface area contributed by atoms with Crippen molar-refractivity contribution >= 4 is 16.9 Å². The smallest absolute Gasteiger partial charge is 0.338 e. The van der Waals surface area contributed by atoms with Gasteiger partial charge in [0, 0.05) is 18.1 Å². The zero-order chi connectivity index (χ0) is 11.9. The Hall–Kier alpha value is -2.04. The number of hydrogen-bond donors (Lipinski definition) is 1. The van der Waals surface area contributed by atoms with Gasteiger partial charge in [0.25, 0.3) is 0 Å². The number of carbonyl (C=O) groups is 1. The van der Waals surface area contributed by atoms with Gasteiger partial charge in [0.15, 0.2) is 0 Å². The summed E-state index contributed by atoms with van der Waals surface area (Å²) >= 11 is 0. The largest absolute Gasteiger partial charge is 0.497 e. The van der Waals surface area contributed by atoms with E-state index in [4.69, 9.17) is 9.84 Å². The SMILES string of the molecule is COc1cc(C(=O)O)c2nn(C)c(C)c2c1. The minimum atomic E-state index is -0.998. The third kappa shape index (κ3) is 1.41. The first-order valence-corrected chi connectivity index (χ1v) is 4.79. The van der Waals surface area contributed by atoms with E-state index in [9.17, 15) is 4.79 Å². The maximum absolute atomic E-state index is 11.1. The number of carboxylic acids is 1. The molecule has 1 heterocycles. The molecule has 5 nitrogen and oxygen atoms in total. The van der Waals surface area contributed by atoms with Gasteiger partial charge in [-0.15, -0.1) is 0 Å². The zero-order valence-corrected chi connectivity index (χ0v) is 9.31. The Kier molecular flexibility index (Phi) is 2.30. The lowest BCUT2D eigenvalue weighted by Crippen LogP contribution is -1.99. The van der Waals surface area contributed by atoms with E-state index in [2.05, 4.69) is 5.10 Å². The highest BCUT2D eigenvalue weighted by Crippen LogP contribution is 2.26. The molecule has 16 heavy (non-hydrogen) atoms. The molecule has 0 aliphatic rings. The van der Waals surface area contributed by atoms with Gasteiger partial charge in [-0.05, 0) is 19.1 Å². The highest BCUT2D eigenvalue weighted by Gasteiger charge is 2.16. The molecule has 84 valence electrons. The Morgan fingerprint density at radius 3 is 2.75 bits per heavy atom. The average Bonchev–Trinajstić information content (AvgIpc) is 2.54. The molecule has 5 heteroatoms. The van der Waals surface area contributed by atoms with Crippen LogP contribution in [0, 0.1) is 6.92 Å². The van der Waals surface area contributed by atoms with Crippen LogP contribution in [0.3, 0.4) is 0 Å². The third-order valence-corrected chi connectivity index (χ3v) is 2.67. The van der Waals surface area contributed by atoms with E-state index >= 15 is 0 Å². The molecule has 0 atom stereocenters. The fourth-order valence-corrected chi connectivity index (χ4v) is 1.67. The molecule has 0 aliphatic carbocycles. The van der Waals surface area contributed by atoms with Gasteiger partial charge in [-0.1, -0.05) is 0 Å². The third-order valence-electron chi connectivity index (χ3n) is 2.67. The maximum atomic E-state index is 11.1. The van der Waals surface area contributed by atoms with E-state index in [0.717, 1.165) is 11.1 Å². The molecule has 0 spiro atoms. The summed E-state index contributed by atoms with van der Waals surface area (Å²) in [5, 5.41) is 14.1. The number of methoxy groups -OCH3 is 1. The lowest BCUT2D eigenvalue weighted by molar-refractivity contribution is 0.0698. The summed E-state index contributed by atoms with van der Waals surface area (Å²) in [6, 6.07) is 3.28. The average molecular weight is 220 g/mol. The van der Waals surface area contributed by atoms with Crippen molar-refractivity contribution in [3.63, 3.8) is 0 Å². The van der Waals surface area contributed by atoms with Gasteiger partial charge in [0.2, 0.25) is 0 Å². The van der Waals surface area contributed by atoms with Crippen molar-refractivity contribution in [1.82, 2.24) is 9.78 Å². The first-order chi connectivity index (χ1) is 7.54. The number of aryl methyl sites for hydroxylation is 2. The van der Waals surface area contributed by atoms with Gasteiger partial charge in [-0.25, -0.2) is 4.79 Å². The van der Waals surface area contributed by atoms with E-state index in [1.807, 2.05) is 6.92 Å². The van der Waals surface area contributed by atoms with Gasteiger partial charge < -0.3 is 9.84 Å². The standard InChI is InChI=1S/C11H12N2O3/c1-6-8-4-7(16-3)5-9(11(14)15)10(8)12-13(6)2/h4-5H,1-3H3,(H,14,15). The second-order valence-corrected chi connectivity index (χ2v) is 3.59. The van der Waals surface area contributed by atoms with Crippen LogP contribution >= 0.6 is 0 Å². The molecule has 0 amide bonds. The van der Waals surface area contributed by atoms with E-state index in [1.54, 1.807) is 17.8 Å². The van der Waals surface area contributed by atoms with Gasteiger partial charge in [-0.2, -0.15) is 5.10 Å². The van der Waals surface area contributed by atoms with Crippen molar-refractivity contribution in [3.05, 3.63) is 23.4 Å². The number of ether oxygens (including phenoxy) is 1. The Morgan fingerprint density at radius 1 is 1.50 bits per heavy atom. The molecule has 1 N–H and O–H groups in total. The van der Waals surface area contributed by atoms with Crippen LogP contribution in [0.2, 0.25) is 0 Å². The van der Waals surface area contributed by atoms with Crippen LogP contribution in [0.5, 0.6) is 5.75 Å². The fourth-order valence-electron chi connectivity index (χ4n) is 1.67. The molecular formula is C11H12N2O3. The summed E-state index contributed by atoms with van der Waals surface area (Å²) in [4.78, 5) is 11.1. The summed E-state index contributed by atoms with van der Waals surface area (Å²) in [6.07, 6.45) is 0. The Bertz CT molecular complexity index is 572. The molecule has 2 aromatic rings. The number of fused-ring (bicyclic) bond motifs is 1. The van der Waals surface area contributed by atoms with Crippen LogP contribution < -0.4 is 4.74 Å². The topological polar surface area (TPSA) is 64.3 Å². The van der Waals surface area contributed by atoms with Gasteiger partial charge >= 0.3 is 5.97 Å². The summed E-state index contributed by atoms with van der Waals surface area (Å²) in [7, 11) is 3.30. The quantitative estimate of drug-likeness (QED) is 0.834. The molecule has 0 saturated carbocycles. The molecular weight excluding hydrogens is 208 g/mol. The Labute approximate surface area is 92.2 Å². The zero-order valence-electron chi connectivity index (χ0n) is 9.31. The highest BCUT2D eigenvalue weighted by atomic mass is 16.5. The number of rotatable bonds is 2. The van der Waals surface area contributed by atoms with Crippen LogP contribution in [-0.2, 0) is 7.05 Å². The van der Waals surface area contributed by atoms with Crippen molar-refractivity contribution in [1.29, 1.82) is 0 Å². The summed E-state index contributed by atoms with van der Waals surface area (Å²) in [5.74, 6) is -0.469. The molecule has 0 saturated heterocycles. The predicted molar refractivity (Wildman–Crippen MR) is 59.0 cm³/mol. The number of carboxylic acid groups (broad SMARTS) is 1. The minimum absolute atomic E-state index is 0.165. The Balaban J connectivity index is 2.87. The summed E-state index contributed by atoms with van der Waals surface area (Å²) in [5.41, 5.74) is 1.57. The van der Waals surface area contributed by atoms with E-state index in [-0.39, 0.29) is 5.56 Å². The number of aromatic nitrogens is 2. The van der Waals surface area contributed by atoms with Crippen molar-refractivity contribution in [2.75, 3.05) is 7.11 Å². The Morgan fingerprint density at radius 2 is 2.19 bits per heavy atom. The van der Waals surface area contributed by atoms with Crippen LogP contribution in [0.25, 0.3) is 10.9 Å². The first kappa shape index (κ1) is 10.5. The molecule has 1 aromatic heterocycles. The summed E-state index contributed by atoms with van der Waals surface area (Å²) < 4.78 is 6.74. The molecule has 2 rings (SSSR count). The van der Waals surface area contributed by atoms with Crippen molar-refractivity contribution in [3.8, 4) is 5.75 Å². The number of nitrogens with zero attached hydrogens (tertiary/aromatic N) is 2. The van der Waals surface area contributed by atoms with E-state index < -0.39 is 5.97 Å². The molecule has 0 unspecified atom stereocenters. The number of aromatic carboxylic acids is 1. The highest BCUT2D eigenvalue weighted by molar-refractivity contribution is 6.03.